The number of hydrogen-bond donors (Lipinski definition) is 1. The molecule has 0 aliphatic rings. The molecule has 0 saturated heterocycles. The Bertz CT molecular complexity index is 502. The van der Waals surface area contributed by atoms with Crippen LogP contribution in [0.25, 0.3) is 10.4 Å². The Balaban J connectivity index is 2.12. The second kappa shape index (κ2) is 5.59. The van der Waals surface area contributed by atoms with Crippen molar-refractivity contribution in [2.75, 3.05) is 5.43 Å². The van der Waals surface area contributed by atoms with Crippen LogP contribution in [0.1, 0.15) is 20.3 Å². The Morgan fingerprint density at radius 3 is 2.82 bits per heavy atom. The monoisotopic (exact) mass is 245 g/mol. The van der Waals surface area contributed by atoms with Crippen LogP contribution in [0.4, 0.5) is 5.13 Å². The van der Waals surface area contributed by atoms with Gasteiger partial charge in [0.15, 0.2) is 0 Å². The summed E-state index contributed by atoms with van der Waals surface area (Å²) in [7, 11) is 0. The molecule has 4 heteroatoms. The predicted molar refractivity (Wildman–Crippen MR) is 74.6 cm³/mol. The number of hydrogen-bond acceptors (Lipinski definition) is 4. The molecule has 0 amide bonds. The summed E-state index contributed by atoms with van der Waals surface area (Å²) in [6.07, 6.45) is 2.82. The standard InChI is InChI=1S/C13H15N3S/c1-3-10(2)15-16-13-14-9-12(17-13)11-7-5-4-6-8-11/h4-9H,3H2,1-2H3,(H,14,16)/b15-10+. The zero-order valence-corrected chi connectivity index (χ0v) is 10.8. The fourth-order valence-corrected chi connectivity index (χ4v) is 2.05. The minimum Gasteiger partial charge on any atom is -0.253 e. The van der Waals surface area contributed by atoms with E-state index in [1.807, 2.05) is 31.3 Å². The van der Waals surface area contributed by atoms with Crippen molar-refractivity contribution in [1.82, 2.24) is 4.98 Å². The Hall–Kier alpha value is -1.68. The summed E-state index contributed by atoms with van der Waals surface area (Å²) in [4.78, 5) is 5.45. The lowest BCUT2D eigenvalue weighted by molar-refractivity contribution is 1.20. The Kier molecular flexibility index (Phi) is 3.88. The molecule has 1 aromatic carbocycles. The number of hydrazone groups is 1. The summed E-state index contributed by atoms with van der Waals surface area (Å²) in [6.45, 7) is 4.08. The van der Waals surface area contributed by atoms with E-state index in [-0.39, 0.29) is 0 Å². The fourth-order valence-electron chi connectivity index (χ4n) is 1.28. The van der Waals surface area contributed by atoms with Gasteiger partial charge >= 0.3 is 0 Å². The summed E-state index contributed by atoms with van der Waals surface area (Å²) in [6, 6.07) is 10.2. The molecule has 2 aromatic rings. The van der Waals surface area contributed by atoms with Crippen LogP contribution < -0.4 is 5.43 Å². The van der Waals surface area contributed by atoms with Crippen molar-refractivity contribution in [3.63, 3.8) is 0 Å². The van der Waals surface area contributed by atoms with E-state index < -0.39 is 0 Å². The Labute approximate surface area is 105 Å². The molecule has 17 heavy (non-hydrogen) atoms. The molecule has 0 aliphatic carbocycles. The van der Waals surface area contributed by atoms with E-state index in [4.69, 9.17) is 0 Å². The van der Waals surface area contributed by atoms with Gasteiger partial charge in [0.1, 0.15) is 0 Å². The maximum Gasteiger partial charge on any atom is 0.203 e. The quantitative estimate of drug-likeness (QED) is 0.652. The molecular formula is C13H15N3S. The molecule has 1 aromatic heterocycles. The van der Waals surface area contributed by atoms with E-state index >= 15 is 0 Å². The third-order valence-corrected chi connectivity index (χ3v) is 3.37. The molecule has 88 valence electrons. The largest absolute Gasteiger partial charge is 0.253 e. The van der Waals surface area contributed by atoms with Gasteiger partial charge in [0.05, 0.1) is 4.88 Å². The first-order valence-corrected chi connectivity index (χ1v) is 6.41. The summed E-state index contributed by atoms with van der Waals surface area (Å²) in [5.41, 5.74) is 5.24. The van der Waals surface area contributed by atoms with Crippen molar-refractivity contribution in [3.05, 3.63) is 36.5 Å². The van der Waals surface area contributed by atoms with E-state index in [0.717, 1.165) is 22.1 Å². The molecule has 0 aliphatic heterocycles. The molecule has 0 saturated carbocycles. The van der Waals surface area contributed by atoms with E-state index in [2.05, 4.69) is 34.6 Å². The first kappa shape index (κ1) is 11.8. The molecule has 0 radical (unpaired) electrons. The number of thiazole rings is 1. The van der Waals surface area contributed by atoms with Crippen LogP contribution in [0.5, 0.6) is 0 Å². The van der Waals surface area contributed by atoms with Gasteiger partial charge in [-0.15, -0.1) is 0 Å². The maximum atomic E-state index is 4.30. The second-order valence-electron chi connectivity index (χ2n) is 3.71. The fraction of sp³-hybridized carbons (Fsp3) is 0.231. The SMILES string of the molecule is CC/C(C)=N/Nc1ncc(-c2ccccc2)s1. The Morgan fingerprint density at radius 2 is 2.12 bits per heavy atom. The number of anilines is 1. The van der Waals surface area contributed by atoms with Gasteiger partial charge in [-0.25, -0.2) is 4.98 Å². The number of benzene rings is 1. The van der Waals surface area contributed by atoms with Crippen molar-refractivity contribution in [2.24, 2.45) is 5.10 Å². The van der Waals surface area contributed by atoms with Crippen molar-refractivity contribution in [1.29, 1.82) is 0 Å². The van der Waals surface area contributed by atoms with Gasteiger partial charge in [-0.2, -0.15) is 5.10 Å². The molecule has 0 bridgehead atoms. The van der Waals surface area contributed by atoms with Crippen LogP contribution in [0, 0.1) is 0 Å². The van der Waals surface area contributed by atoms with Gasteiger partial charge in [-0.3, -0.25) is 5.43 Å². The van der Waals surface area contributed by atoms with Crippen LogP contribution in [0.2, 0.25) is 0 Å². The number of nitrogens with zero attached hydrogens (tertiary/aromatic N) is 2. The van der Waals surface area contributed by atoms with Crippen LogP contribution in [0.15, 0.2) is 41.6 Å². The first-order valence-electron chi connectivity index (χ1n) is 5.60. The Morgan fingerprint density at radius 1 is 1.35 bits per heavy atom. The predicted octanol–water partition coefficient (Wildman–Crippen LogP) is 4.01. The van der Waals surface area contributed by atoms with Crippen molar-refractivity contribution >= 4 is 22.2 Å². The highest BCUT2D eigenvalue weighted by Gasteiger charge is 2.02. The van der Waals surface area contributed by atoms with Crippen LogP contribution >= 0.6 is 11.3 Å². The summed E-state index contributed by atoms with van der Waals surface area (Å²) in [5, 5.41) is 5.06. The topological polar surface area (TPSA) is 37.3 Å². The van der Waals surface area contributed by atoms with Gasteiger partial charge in [-0.05, 0) is 18.9 Å². The van der Waals surface area contributed by atoms with E-state index in [1.54, 1.807) is 11.3 Å². The third kappa shape index (κ3) is 3.14. The van der Waals surface area contributed by atoms with Gasteiger partial charge in [0, 0.05) is 11.9 Å². The van der Waals surface area contributed by atoms with Crippen LogP contribution in [0.3, 0.4) is 0 Å². The summed E-state index contributed by atoms with van der Waals surface area (Å²) >= 11 is 1.61. The molecule has 2 rings (SSSR count). The van der Waals surface area contributed by atoms with Crippen LogP contribution in [-0.4, -0.2) is 10.7 Å². The molecule has 0 unspecified atom stereocenters. The molecule has 3 nitrogen and oxygen atoms in total. The lowest BCUT2D eigenvalue weighted by atomic mass is 10.2. The highest BCUT2D eigenvalue weighted by Crippen LogP contribution is 2.28. The average Bonchev–Trinajstić information content (AvgIpc) is 2.86. The molecule has 0 spiro atoms. The van der Waals surface area contributed by atoms with Gasteiger partial charge in [-0.1, -0.05) is 48.6 Å². The van der Waals surface area contributed by atoms with Crippen molar-refractivity contribution in [2.45, 2.75) is 20.3 Å². The number of rotatable bonds is 4. The van der Waals surface area contributed by atoms with Crippen molar-refractivity contribution in [3.8, 4) is 10.4 Å². The lowest BCUT2D eigenvalue weighted by Gasteiger charge is -1.96. The minimum absolute atomic E-state index is 0.830. The summed E-state index contributed by atoms with van der Waals surface area (Å²) < 4.78 is 0. The molecule has 1 N–H and O–H groups in total. The highest BCUT2D eigenvalue weighted by molar-refractivity contribution is 7.18. The van der Waals surface area contributed by atoms with Gasteiger partial charge in [0.2, 0.25) is 5.13 Å². The van der Waals surface area contributed by atoms with E-state index in [9.17, 15) is 0 Å². The average molecular weight is 245 g/mol. The zero-order chi connectivity index (χ0) is 12.1. The van der Waals surface area contributed by atoms with Crippen LogP contribution in [-0.2, 0) is 0 Å². The van der Waals surface area contributed by atoms with Crippen molar-refractivity contribution < 1.29 is 0 Å². The van der Waals surface area contributed by atoms with E-state index in [1.165, 1.54) is 5.56 Å². The second-order valence-corrected chi connectivity index (χ2v) is 4.74. The zero-order valence-electron chi connectivity index (χ0n) is 9.97. The smallest absolute Gasteiger partial charge is 0.203 e. The van der Waals surface area contributed by atoms with Gasteiger partial charge < -0.3 is 0 Å². The third-order valence-electron chi connectivity index (χ3n) is 2.42. The van der Waals surface area contributed by atoms with E-state index in [0.29, 0.717) is 0 Å². The highest BCUT2D eigenvalue weighted by atomic mass is 32.1. The molecule has 0 atom stereocenters. The normalized spacial score (nSPS) is 11.5. The minimum atomic E-state index is 0.830. The maximum absolute atomic E-state index is 4.30. The number of nitrogens with one attached hydrogen (secondary N) is 1. The number of aromatic nitrogens is 1. The molecule has 0 fully saturated rings. The van der Waals surface area contributed by atoms with Gasteiger partial charge in [0.25, 0.3) is 0 Å². The molecular weight excluding hydrogens is 230 g/mol. The lowest BCUT2D eigenvalue weighted by Crippen LogP contribution is -1.94. The summed E-state index contributed by atoms with van der Waals surface area (Å²) in [5.74, 6) is 0. The molecule has 1 heterocycles. The first-order chi connectivity index (χ1) is 8.29.